The van der Waals surface area contributed by atoms with E-state index in [4.69, 9.17) is 0 Å². The molecular formula is C25H20O3S. The molecule has 0 bridgehead atoms. The predicted molar refractivity (Wildman–Crippen MR) is 118 cm³/mol. The van der Waals surface area contributed by atoms with Crippen LogP contribution in [-0.4, -0.2) is 13.0 Å². The molecule has 4 heteroatoms. The van der Waals surface area contributed by atoms with Crippen LogP contribution in [-0.2, 0) is 16.5 Å². The van der Waals surface area contributed by atoms with E-state index in [-0.39, 0.29) is 4.90 Å². The van der Waals surface area contributed by atoms with Gasteiger partial charge in [-0.25, -0.2) is 0 Å². The monoisotopic (exact) mass is 400 g/mol. The second kappa shape index (κ2) is 7.66. The Kier molecular flexibility index (Phi) is 5.05. The summed E-state index contributed by atoms with van der Waals surface area (Å²) in [6, 6.07) is 28.4. The fourth-order valence-electron chi connectivity index (χ4n) is 3.71. The number of rotatable bonds is 5. The third-order valence-corrected chi connectivity index (χ3v) is 5.94. The first-order valence-corrected chi connectivity index (χ1v) is 10.7. The quantitative estimate of drug-likeness (QED) is 0.435. The van der Waals surface area contributed by atoms with Crippen molar-refractivity contribution in [2.45, 2.75) is 11.3 Å². The molecule has 0 saturated heterocycles. The van der Waals surface area contributed by atoms with Gasteiger partial charge < -0.3 is 0 Å². The molecule has 0 unspecified atom stereocenters. The van der Waals surface area contributed by atoms with Gasteiger partial charge in [0.25, 0.3) is 10.1 Å². The zero-order chi connectivity index (χ0) is 20.4. The van der Waals surface area contributed by atoms with Gasteiger partial charge in [0, 0.05) is 10.9 Å². The van der Waals surface area contributed by atoms with Gasteiger partial charge in [-0.1, -0.05) is 97.6 Å². The lowest BCUT2D eigenvalue weighted by atomic mass is 9.89. The maximum atomic E-state index is 12.5. The highest BCUT2D eigenvalue weighted by molar-refractivity contribution is 7.86. The molecule has 0 aliphatic carbocycles. The van der Waals surface area contributed by atoms with E-state index in [0.29, 0.717) is 22.9 Å². The Labute approximate surface area is 170 Å². The van der Waals surface area contributed by atoms with E-state index in [1.54, 1.807) is 12.1 Å². The average Bonchev–Trinajstić information content (AvgIpc) is 2.73. The van der Waals surface area contributed by atoms with Crippen molar-refractivity contribution in [3.05, 3.63) is 120 Å². The standard InChI is InChI=1S/C25H20O3S/c1-18(20-12-6-3-7-13-20)24-22(16-19-10-4-2-5-11-19)17-21-14-8-9-15-23(21)25(24)29(26,27)28/h2-15,17H,1,16H2,(H,26,27,28). The zero-order valence-corrected chi connectivity index (χ0v) is 16.6. The Morgan fingerprint density at radius 1 is 0.828 bits per heavy atom. The maximum absolute atomic E-state index is 12.5. The molecule has 144 valence electrons. The predicted octanol–water partition coefficient (Wildman–Crippen LogP) is 5.74. The highest BCUT2D eigenvalue weighted by Crippen LogP contribution is 2.37. The lowest BCUT2D eigenvalue weighted by Gasteiger charge is -2.19. The molecule has 0 radical (unpaired) electrons. The molecular weight excluding hydrogens is 380 g/mol. The summed E-state index contributed by atoms with van der Waals surface area (Å²) in [6.07, 6.45) is 0.523. The van der Waals surface area contributed by atoms with E-state index in [1.165, 1.54) is 0 Å². The van der Waals surface area contributed by atoms with E-state index < -0.39 is 10.1 Å². The summed E-state index contributed by atoms with van der Waals surface area (Å²) in [5.74, 6) is 0. The van der Waals surface area contributed by atoms with Crippen LogP contribution >= 0.6 is 0 Å². The van der Waals surface area contributed by atoms with Gasteiger partial charge in [0.2, 0.25) is 0 Å². The Morgan fingerprint density at radius 3 is 2.07 bits per heavy atom. The summed E-state index contributed by atoms with van der Waals surface area (Å²) >= 11 is 0. The summed E-state index contributed by atoms with van der Waals surface area (Å²) in [7, 11) is -4.49. The molecule has 1 N–H and O–H groups in total. The van der Waals surface area contributed by atoms with Crippen molar-refractivity contribution in [3.63, 3.8) is 0 Å². The minimum Gasteiger partial charge on any atom is -0.282 e. The molecule has 0 aliphatic rings. The lowest BCUT2D eigenvalue weighted by molar-refractivity contribution is 0.484. The molecule has 4 aromatic carbocycles. The number of hydrogen-bond acceptors (Lipinski definition) is 2. The van der Waals surface area contributed by atoms with E-state index in [0.717, 1.165) is 22.1 Å². The van der Waals surface area contributed by atoms with Crippen molar-refractivity contribution in [2.75, 3.05) is 0 Å². The van der Waals surface area contributed by atoms with Crippen molar-refractivity contribution < 1.29 is 13.0 Å². The topological polar surface area (TPSA) is 54.4 Å². The van der Waals surface area contributed by atoms with Crippen molar-refractivity contribution in [1.29, 1.82) is 0 Å². The number of hydrogen-bond donors (Lipinski definition) is 1. The summed E-state index contributed by atoms with van der Waals surface area (Å²) in [5, 5.41) is 1.24. The van der Waals surface area contributed by atoms with Gasteiger partial charge >= 0.3 is 0 Å². The first kappa shape index (κ1) is 19.1. The summed E-state index contributed by atoms with van der Waals surface area (Å²) in [5.41, 5.74) is 3.68. The second-order valence-electron chi connectivity index (χ2n) is 6.94. The van der Waals surface area contributed by atoms with Crippen LogP contribution in [0.4, 0.5) is 0 Å². The van der Waals surface area contributed by atoms with Gasteiger partial charge in [0.05, 0.1) is 0 Å². The van der Waals surface area contributed by atoms with Crippen LogP contribution in [0.3, 0.4) is 0 Å². The van der Waals surface area contributed by atoms with Gasteiger partial charge in [-0.15, -0.1) is 0 Å². The highest BCUT2D eigenvalue weighted by atomic mass is 32.2. The van der Waals surface area contributed by atoms with Crippen molar-refractivity contribution >= 4 is 26.5 Å². The third kappa shape index (κ3) is 3.86. The molecule has 0 amide bonds. The molecule has 4 rings (SSSR count). The first-order chi connectivity index (χ1) is 13.9. The SMILES string of the molecule is C=C(c1ccccc1)c1c(Cc2ccccc2)cc2ccccc2c1S(=O)(=O)O. The zero-order valence-electron chi connectivity index (χ0n) is 15.7. The highest BCUT2D eigenvalue weighted by Gasteiger charge is 2.25. The molecule has 4 aromatic rings. The molecule has 0 aromatic heterocycles. The Morgan fingerprint density at radius 2 is 1.41 bits per heavy atom. The normalized spacial score (nSPS) is 11.5. The van der Waals surface area contributed by atoms with Crippen LogP contribution in [0.25, 0.3) is 16.3 Å². The summed E-state index contributed by atoms with van der Waals surface area (Å²) < 4.78 is 35.2. The van der Waals surface area contributed by atoms with Crippen LogP contribution in [0, 0.1) is 0 Å². The fraction of sp³-hybridized carbons (Fsp3) is 0.0400. The molecule has 0 atom stereocenters. The minimum atomic E-state index is -4.49. The lowest BCUT2D eigenvalue weighted by Crippen LogP contribution is -2.08. The molecule has 29 heavy (non-hydrogen) atoms. The maximum Gasteiger partial charge on any atom is 0.295 e. The second-order valence-corrected chi connectivity index (χ2v) is 8.30. The Hall–Kier alpha value is -3.21. The third-order valence-electron chi connectivity index (χ3n) is 5.00. The van der Waals surface area contributed by atoms with Gasteiger partial charge in [-0.2, -0.15) is 8.42 Å². The summed E-state index contributed by atoms with van der Waals surface area (Å²) in [6.45, 7) is 4.20. The van der Waals surface area contributed by atoms with Gasteiger partial charge in [-0.05, 0) is 34.1 Å². The van der Waals surface area contributed by atoms with Crippen molar-refractivity contribution in [1.82, 2.24) is 0 Å². The van der Waals surface area contributed by atoms with Crippen LogP contribution in [0.15, 0.2) is 102 Å². The van der Waals surface area contributed by atoms with Crippen LogP contribution in [0.5, 0.6) is 0 Å². The molecule has 0 aliphatic heterocycles. The molecule has 0 saturated carbocycles. The summed E-state index contributed by atoms with van der Waals surface area (Å²) in [4.78, 5) is -0.0876. The van der Waals surface area contributed by atoms with Crippen LogP contribution in [0.1, 0.15) is 22.3 Å². The Bertz CT molecular complexity index is 1290. The number of fused-ring (bicyclic) bond motifs is 1. The minimum absolute atomic E-state index is 0.0876. The van der Waals surface area contributed by atoms with E-state index in [2.05, 4.69) is 6.58 Å². The van der Waals surface area contributed by atoms with E-state index >= 15 is 0 Å². The first-order valence-electron chi connectivity index (χ1n) is 9.26. The van der Waals surface area contributed by atoms with Gasteiger partial charge in [-0.3, -0.25) is 4.55 Å². The van der Waals surface area contributed by atoms with Crippen LogP contribution in [0.2, 0.25) is 0 Å². The van der Waals surface area contributed by atoms with Crippen molar-refractivity contribution in [3.8, 4) is 0 Å². The molecule has 0 heterocycles. The molecule has 0 fully saturated rings. The molecule has 3 nitrogen and oxygen atoms in total. The van der Waals surface area contributed by atoms with Gasteiger partial charge in [0.1, 0.15) is 4.90 Å². The van der Waals surface area contributed by atoms with E-state index in [1.807, 2.05) is 78.9 Å². The Balaban J connectivity index is 2.06. The average molecular weight is 400 g/mol. The smallest absolute Gasteiger partial charge is 0.282 e. The van der Waals surface area contributed by atoms with Gasteiger partial charge in [0.15, 0.2) is 0 Å². The molecule has 0 spiro atoms. The number of benzene rings is 4. The fourth-order valence-corrected chi connectivity index (χ4v) is 4.68. The largest absolute Gasteiger partial charge is 0.295 e. The van der Waals surface area contributed by atoms with Crippen molar-refractivity contribution in [2.24, 2.45) is 0 Å². The van der Waals surface area contributed by atoms with Crippen LogP contribution < -0.4 is 0 Å². The van der Waals surface area contributed by atoms with E-state index in [9.17, 15) is 13.0 Å².